The number of ether oxygens (including phenoxy) is 1. The van der Waals surface area contributed by atoms with Crippen molar-refractivity contribution in [3.8, 4) is 28.0 Å². The van der Waals surface area contributed by atoms with E-state index in [1.165, 1.54) is 5.56 Å². The van der Waals surface area contributed by atoms with Crippen LogP contribution in [0.15, 0.2) is 65.7 Å². The number of aryl methyl sites for hydroxylation is 2. The standard InChI is InChI=1S/C23H20N2O2/c1-14-6-8-16(9-7-14)17-12-20-21(25-13-17)19(11-15(2)22(20)27-3)18-5-4-10-24-23(18)26/h4-13H,1-3H3,(H,24,26). The van der Waals surface area contributed by atoms with Gasteiger partial charge in [-0.2, -0.15) is 0 Å². The maximum absolute atomic E-state index is 12.3. The van der Waals surface area contributed by atoms with Crippen LogP contribution in [-0.2, 0) is 0 Å². The van der Waals surface area contributed by atoms with Gasteiger partial charge >= 0.3 is 0 Å². The predicted octanol–water partition coefficient (Wildman–Crippen LogP) is 4.88. The van der Waals surface area contributed by atoms with Crippen LogP contribution in [0, 0.1) is 13.8 Å². The van der Waals surface area contributed by atoms with E-state index in [0.29, 0.717) is 5.56 Å². The van der Waals surface area contributed by atoms with E-state index < -0.39 is 0 Å². The summed E-state index contributed by atoms with van der Waals surface area (Å²) in [7, 11) is 1.66. The van der Waals surface area contributed by atoms with E-state index in [0.717, 1.165) is 38.9 Å². The Bertz CT molecular complexity index is 1190. The molecule has 0 fully saturated rings. The van der Waals surface area contributed by atoms with Crippen molar-refractivity contribution in [3.05, 3.63) is 82.4 Å². The summed E-state index contributed by atoms with van der Waals surface area (Å²) in [4.78, 5) is 19.8. The predicted molar refractivity (Wildman–Crippen MR) is 109 cm³/mol. The molecule has 0 radical (unpaired) electrons. The fraction of sp³-hybridized carbons (Fsp3) is 0.130. The zero-order valence-electron chi connectivity index (χ0n) is 15.5. The fourth-order valence-corrected chi connectivity index (χ4v) is 3.43. The Morgan fingerprint density at radius 3 is 2.44 bits per heavy atom. The third-order valence-corrected chi connectivity index (χ3v) is 4.80. The van der Waals surface area contributed by atoms with Crippen LogP contribution in [-0.4, -0.2) is 17.1 Å². The summed E-state index contributed by atoms with van der Waals surface area (Å²) < 4.78 is 5.66. The van der Waals surface area contributed by atoms with Crippen molar-refractivity contribution in [2.45, 2.75) is 13.8 Å². The van der Waals surface area contributed by atoms with Crippen LogP contribution in [0.4, 0.5) is 0 Å². The summed E-state index contributed by atoms with van der Waals surface area (Å²) in [6.07, 6.45) is 3.48. The lowest BCUT2D eigenvalue weighted by molar-refractivity contribution is 0.417. The quantitative estimate of drug-likeness (QED) is 0.569. The Kier molecular flexibility index (Phi) is 4.24. The molecular formula is C23H20N2O2. The summed E-state index contributed by atoms with van der Waals surface area (Å²) >= 11 is 0. The highest BCUT2D eigenvalue weighted by molar-refractivity contribution is 6.00. The average molecular weight is 356 g/mol. The van der Waals surface area contributed by atoms with Crippen molar-refractivity contribution in [2.75, 3.05) is 7.11 Å². The SMILES string of the molecule is COc1c(C)cc(-c2ccc[nH]c2=O)c2ncc(-c3ccc(C)cc3)cc12. The topological polar surface area (TPSA) is 55.0 Å². The van der Waals surface area contributed by atoms with Crippen LogP contribution >= 0.6 is 0 Å². The van der Waals surface area contributed by atoms with Crippen molar-refractivity contribution < 1.29 is 4.74 Å². The van der Waals surface area contributed by atoms with Gasteiger partial charge in [-0.25, -0.2) is 0 Å². The highest BCUT2D eigenvalue weighted by Gasteiger charge is 2.16. The van der Waals surface area contributed by atoms with E-state index in [9.17, 15) is 4.79 Å². The molecule has 4 heteroatoms. The monoisotopic (exact) mass is 356 g/mol. The number of hydrogen-bond acceptors (Lipinski definition) is 3. The van der Waals surface area contributed by atoms with Crippen LogP contribution in [0.2, 0.25) is 0 Å². The lowest BCUT2D eigenvalue weighted by Gasteiger charge is -2.14. The molecule has 1 N–H and O–H groups in total. The molecule has 0 amide bonds. The first-order valence-electron chi connectivity index (χ1n) is 8.81. The van der Waals surface area contributed by atoms with Crippen molar-refractivity contribution in [1.29, 1.82) is 0 Å². The molecule has 0 atom stereocenters. The first-order chi connectivity index (χ1) is 13.1. The number of hydrogen-bond donors (Lipinski definition) is 1. The number of H-pyrrole nitrogens is 1. The van der Waals surface area contributed by atoms with E-state index in [2.05, 4.69) is 42.2 Å². The summed E-state index contributed by atoms with van der Waals surface area (Å²) in [5, 5.41) is 0.897. The Labute approximate surface area is 157 Å². The third-order valence-electron chi connectivity index (χ3n) is 4.80. The number of rotatable bonds is 3. The molecule has 4 aromatic rings. The molecule has 0 spiro atoms. The van der Waals surface area contributed by atoms with Gasteiger partial charge in [-0.3, -0.25) is 9.78 Å². The number of fused-ring (bicyclic) bond motifs is 1. The van der Waals surface area contributed by atoms with Gasteiger partial charge in [0.25, 0.3) is 5.56 Å². The number of pyridine rings is 2. The number of benzene rings is 2. The van der Waals surface area contributed by atoms with Crippen molar-refractivity contribution in [3.63, 3.8) is 0 Å². The van der Waals surface area contributed by atoms with Crippen LogP contribution in [0.1, 0.15) is 11.1 Å². The molecule has 0 bridgehead atoms. The van der Waals surface area contributed by atoms with Gasteiger partial charge < -0.3 is 9.72 Å². The molecule has 2 heterocycles. The van der Waals surface area contributed by atoms with Gasteiger partial charge in [0.15, 0.2) is 0 Å². The molecular weight excluding hydrogens is 336 g/mol. The van der Waals surface area contributed by atoms with Crippen LogP contribution in [0.25, 0.3) is 33.2 Å². The largest absolute Gasteiger partial charge is 0.496 e. The second-order valence-corrected chi connectivity index (χ2v) is 6.67. The van der Waals surface area contributed by atoms with Gasteiger partial charge in [0, 0.05) is 34.5 Å². The zero-order chi connectivity index (χ0) is 19.0. The van der Waals surface area contributed by atoms with Gasteiger partial charge in [-0.1, -0.05) is 29.8 Å². The fourth-order valence-electron chi connectivity index (χ4n) is 3.43. The smallest absolute Gasteiger partial charge is 0.255 e. The molecule has 134 valence electrons. The second-order valence-electron chi connectivity index (χ2n) is 6.67. The van der Waals surface area contributed by atoms with Gasteiger partial charge in [-0.15, -0.1) is 0 Å². The van der Waals surface area contributed by atoms with Crippen molar-refractivity contribution >= 4 is 10.9 Å². The number of aromatic nitrogens is 2. The zero-order valence-corrected chi connectivity index (χ0v) is 15.5. The van der Waals surface area contributed by atoms with Gasteiger partial charge in [0.05, 0.1) is 12.6 Å². The van der Waals surface area contributed by atoms with E-state index in [4.69, 9.17) is 9.72 Å². The van der Waals surface area contributed by atoms with Crippen LogP contribution in [0.3, 0.4) is 0 Å². The number of methoxy groups -OCH3 is 1. The minimum absolute atomic E-state index is 0.132. The maximum atomic E-state index is 12.3. The minimum Gasteiger partial charge on any atom is -0.496 e. The summed E-state index contributed by atoms with van der Waals surface area (Å²) in [6.45, 7) is 4.05. The molecule has 0 unspecified atom stereocenters. The summed E-state index contributed by atoms with van der Waals surface area (Å²) in [5.74, 6) is 0.780. The highest BCUT2D eigenvalue weighted by Crippen LogP contribution is 2.37. The van der Waals surface area contributed by atoms with E-state index in [1.54, 1.807) is 13.3 Å². The second kappa shape index (κ2) is 6.72. The van der Waals surface area contributed by atoms with Crippen LogP contribution in [0.5, 0.6) is 5.75 Å². The molecule has 4 rings (SSSR count). The molecule has 0 saturated carbocycles. The normalized spacial score (nSPS) is 10.9. The first-order valence-corrected chi connectivity index (χ1v) is 8.81. The van der Waals surface area contributed by atoms with E-state index in [-0.39, 0.29) is 5.56 Å². The lowest BCUT2D eigenvalue weighted by atomic mass is 9.97. The molecule has 2 aromatic heterocycles. The summed E-state index contributed by atoms with van der Waals surface area (Å²) in [6, 6.07) is 16.0. The Morgan fingerprint density at radius 2 is 1.74 bits per heavy atom. The Balaban J connectivity index is 2.02. The average Bonchev–Trinajstić information content (AvgIpc) is 2.68. The van der Waals surface area contributed by atoms with Crippen molar-refractivity contribution in [2.24, 2.45) is 0 Å². The Morgan fingerprint density at radius 1 is 0.963 bits per heavy atom. The van der Waals surface area contributed by atoms with E-state index >= 15 is 0 Å². The van der Waals surface area contributed by atoms with Crippen LogP contribution < -0.4 is 10.3 Å². The van der Waals surface area contributed by atoms with Gasteiger partial charge in [-0.05, 0) is 49.2 Å². The summed E-state index contributed by atoms with van der Waals surface area (Å²) in [5.41, 5.74) is 6.32. The third kappa shape index (κ3) is 2.99. The molecule has 0 aliphatic heterocycles. The van der Waals surface area contributed by atoms with Gasteiger partial charge in [0.2, 0.25) is 0 Å². The minimum atomic E-state index is -0.132. The molecule has 4 nitrogen and oxygen atoms in total. The maximum Gasteiger partial charge on any atom is 0.255 e. The molecule has 0 aliphatic rings. The number of nitrogens with zero attached hydrogens (tertiary/aromatic N) is 1. The number of nitrogens with one attached hydrogen (secondary N) is 1. The number of aromatic amines is 1. The Hall–Kier alpha value is -3.40. The van der Waals surface area contributed by atoms with Gasteiger partial charge in [0.1, 0.15) is 5.75 Å². The lowest BCUT2D eigenvalue weighted by Crippen LogP contribution is -2.08. The highest BCUT2D eigenvalue weighted by atomic mass is 16.5. The van der Waals surface area contributed by atoms with Crippen molar-refractivity contribution in [1.82, 2.24) is 9.97 Å². The molecule has 0 saturated heterocycles. The first kappa shape index (κ1) is 17.0. The molecule has 0 aliphatic carbocycles. The van der Waals surface area contributed by atoms with E-state index in [1.807, 2.05) is 31.3 Å². The molecule has 2 aromatic carbocycles. The molecule has 27 heavy (non-hydrogen) atoms.